The van der Waals surface area contributed by atoms with Gasteiger partial charge >= 0.3 is 0 Å². The number of carbonyl (C=O) groups is 1. The highest BCUT2D eigenvalue weighted by Gasteiger charge is 2.18. The summed E-state index contributed by atoms with van der Waals surface area (Å²) in [7, 11) is 1.51. The third kappa shape index (κ3) is 4.10. The summed E-state index contributed by atoms with van der Waals surface area (Å²) in [4.78, 5) is 17.4. The van der Waals surface area contributed by atoms with Gasteiger partial charge in [0, 0.05) is 10.2 Å². The third-order valence-electron chi connectivity index (χ3n) is 4.45. The summed E-state index contributed by atoms with van der Waals surface area (Å²) >= 11 is 13.2. The van der Waals surface area contributed by atoms with Crippen molar-refractivity contribution in [2.45, 2.75) is 6.92 Å². The Kier molecular flexibility index (Phi) is 5.86. The van der Waals surface area contributed by atoms with Gasteiger partial charge in [-0.3, -0.25) is 4.79 Å². The normalized spacial score (nSPS) is 11.0. The van der Waals surface area contributed by atoms with Crippen LogP contribution >= 0.6 is 43.5 Å². The van der Waals surface area contributed by atoms with Crippen molar-refractivity contribution >= 4 is 66.2 Å². The molecule has 0 aliphatic heterocycles. The summed E-state index contributed by atoms with van der Waals surface area (Å²) in [6.07, 6.45) is 0. The number of methoxy groups -OCH3 is 1. The van der Waals surface area contributed by atoms with Crippen molar-refractivity contribution in [3.05, 3.63) is 73.6 Å². The Morgan fingerprint density at radius 3 is 2.70 bits per heavy atom. The van der Waals surface area contributed by atoms with Crippen molar-refractivity contribution in [1.29, 1.82) is 0 Å². The number of amides is 1. The van der Waals surface area contributed by atoms with Crippen molar-refractivity contribution < 1.29 is 13.9 Å². The summed E-state index contributed by atoms with van der Waals surface area (Å²) < 4.78 is 12.7. The molecule has 0 saturated carbocycles. The number of aryl methyl sites for hydroxylation is 1. The molecule has 0 radical (unpaired) electrons. The maximum atomic E-state index is 12.9. The molecule has 4 aromatic rings. The topological polar surface area (TPSA) is 64.4 Å². The van der Waals surface area contributed by atoms with E-state index >= 15 is 0 Å². The van der Waals surface area contributed by atoms with Crippen LogP contribution in [-0.4, -0.2) is 18.0 Å². The maximum absolute atomic E-state index is 12.9. The van der Waals surface area contributed by atoms with Gasteiger partial charge in [-0.05, 0) is 70.9 Å². The molecule has 5 nitrogen and oxygen atoms in total. The molecule has 0 bridgehead atoms. The Morgan fingerprint density at radius 1 is 1.13 bits per heavy atom. The van der Waals surface area contributed by atoms with Crippen LogP contribution in [0, 0.1) is 6.92 Å². The molecule has 1 N–H and O–H groups in total. The van der Waals surface area contributed by atoms with E-state index < -0.39 is 0 Å². The van der Waals surface area contributed by atoms with Crippen molar-refractivity contribution in [1.82, 2.24) is 4.98 Å². The quantitative estimate of drug-likeness (QED) is 0.291. The van der Waals surface area contributed by atoms with E-state index in [1.165, 1.54) is 7.11 Å². The van der Waals surface area contributed by atoms with Gasteiger partial charge in [0.25, 0.3) is 5.91 Å². The Hall–Kier alpha value is -2.35. The van der Waals surface area contributed by atoms with Gasteiger partial charge in [0.1, 0.15) is 11.3 Å². The predicted octanol–water partition coefficient (Wildman–Crippen LogP) is 7.24. The summed E-state index contributed by atoms with van der Waals surface area (Å²) in [6, 6.07) is 14.4. The second-order valence-corrected chi connectivity index (χ2v) is 8.78. The summed E-state index contributed by atoms with van der Waals surface area (Å²) in [5, 5.41) is 3.35. The van der Waals surface area contributed by atoms with E-state index in [-0.39, 0.29) is 5.91 Å². The number of ether oxygens (including phenoxy) is 1. The first-order chi connectivity index (χ1) is 14.4. The van der Waals surface area contributed by atoms with Gasteiger partial charge in [-0.15, -0.1) is 0 Å². The lowest BCUT2D eigenvalue weighted by molar-refractivity contribution is 0.102. The van der Waals surface area contributed by atoms with Crippen molar-refractivity contribution in [2.75, 3.05) is 12.4 Å². The molecule has 1 amide bonds. The smallest absolute Gasteiger partial charge is 0.259 e. The fraction of sp³-hybridized carbons (Fsp3) is 0.0909. The molecule has 0 aliphatic carbocycles. The molecule has 1 aromatic heterocycles. The van der Waals surface area contributed by atoms with Crippen molar-refractivity contribution in [2.24, 2.45) is 0 Å². The standard InChI is InChI=1S/C22H15Br2ClN2O3/c1-11-3-6-19-18(7-11)27-22(30-19)14-10-13(4-5-17(14)25)26-21(28)15-8-12(23)9-16(24)20(15)29-2/h3-10H,1-2H3,(H,26,28). The van der Waals surface area contributed by atoms with E-state index in [2.05, 4.69) is 42.2 Å². The lowest BCUT2D eigenvalue weighted by Gasteiger charge is -2.12. The molecule has 0 aliphatic rings. The van der Waals surface area contributed by atoms with Crippen LogP contribution in [-0.2, 0) is 0 Å². The molecule has 8 heteroatoms. The molecular formula is C22H15Br2ClN2O3. The second kappa shape index (κ2) is 8.41. The first-order valence-electron chi connectivity index (χ1n) is 8.87. The number of nitrogens with one attached hydrogen (secondary N) is 1. The van der Waals surface area contributed by atoms with Gasteiger partial charge in [-0.25, -0.2) is 4.98 Å². The largest absolute Gasteiger partial charge is 0.495 e. The highest BCUT2D eigenvalue weighted by atomic mass is 79.9. The third-order valence-corrected chi connectivity index (χ3v) is 5.83. The number of aromatic nitrogens is 1. The van der Waals surface area contributed by atoms with Crippen LogP contribution in [0.1, 0.15) is 15.9 Å². The summed E-state index contributed by atoms with van der Waals surface area (Å²) in [5.74, 6) is 0.508. The molecule has 4 rings (SSSR count). The number of halogens is 3. The van der Waals surface area contributed by atoms with Crippen LogP contribution in [0.2, 0.25) is 5.02 Å². The van der Waals surface area contributed by atoms with Crippen LogP contribution in [0.3, 0.4) is 0 Å². The highest BCUT2D eigenvalue weighted by molar-refractivity contribution is 9.11. The number of oxazole rings is 1. The number of nitrogens with zero attached hydrogens (tertiary/aromatic N) is 1. The van der Waals surface area contributed by atoms with Crippen molar-refractivity contribution in [3.8, 4) is 17.2 Å². The Bertz CT molecular complexity index is 1290. The molecule has 0 atom stereocenters. The predicted molar refractivity (Wildman–Crippen MR) is 126 cm³/mol. The molecule has 0 fully saturated rings. The second-order valence-electron chi connectivity index (χ2n) is 6.61. The zero-order chi connectivity index (χ0) is 21.4. The summed E-state index contributed by atoms with van der Waals surface area (Å²) in [5.41, 5.74) is 4.03. The molecule has 152 valence electrons. The number of anilines is 1. The highest BCUT2D eigenvalue weighted by Crippen LogP contribution is 2.35. The zero-order valence-corrected chi connectivity index (χ0v) is 19.9. The average molecular weight is 551 g/mol. The molecule has 30 heavy (non-hydrogen) atoms. The van der Waals surface area contributed by atoms with Gasteiger partial charge in [-0.2, -0.15) is 0 Å². The van der Waals surface area contributed by atoms with Gasteiger partial charge in [0.2, 0.25) is 5.89 Å². The van der Waals surface area contributed by atoms with Crippen LogP contribution < -0.4 is 10.1 Å². The Balaban J connectivity index is 1.69. The number of carbonyl (C=O) groups excluding carboxylic acids is 1. The number of fused-ring (bicyclic) bond motifs is 1. The molecule has 1 heterocycles. The average Bonchev–Trinajstić information content (AvgIpc) is 3.11. The van der Waals surface area contributed by atoms with Gasteiger partial charge < -0.3 is 14.5 Å². The van der Waals surface area contributed by atoms with E-state index in [1.807, 2.05) is 31.2 Å². The first-order valence-corrected chi connectivity index (χ1v) is 10.8. The number of hydrogen-bond acceptors (Lipinski definition) is 4. The fourth-order valence-electron chi connectivity index (χ4n) is 3.05. The lowest BCUT2D eigenvalue weighted by atomic mass is 10.1. The number of hydrogen-bond donors (Lipinski definition) is 1. The van der Waals surface area contributed by atoms with Gasteiger partial charge in [-0.1, -0.05) is 33.6 Å². The van der Waals surface area contributed by atoms with Gasteiger partial charge in [0.15, 0.2) is 5.58 Å². The molecule has 0 spiro atoms. The monoisotopic (exact) mass is 548 g/mol. The minimum absolute atomic E-state index is 0.324. The molecular weight excluding hydrogens is 536 g/mol. The number of benzene rings is 3. The minimum atomic E-state index is -0.324. The van der Waals surface area contributed by atoms with E-state index in [1.54, 1.807) is 24.3 Å². The first kappa shape index (κ1) is 20.9. The Labute approximate surface area is 194 Å². The molecule has 0 unspecified atom stereocenters. The minimum Gasteiger partial charge on any atom is -0.495 e. The SMILES string of the molecule is COc1c(Br)cc(Br)cc1C(=O)Nc1ccc(Cl)c(-c2nc3cc(C)ccc3o2)c1. The van der Waals surface area contributed by atoms with Crippen LogP contribution in [0.4, 0.5) is 5.69 Å². The zero-order valence-electron chi connectivity index (χ0n) is 15.9. The molecule has 0 saturated heterocycles. The van der Waals surface area contributed by atoms with E-state index in [0.29, 0.717) is 43.5 Å². The van der Waals surface area contributed by atoms with E-state index in [4.69, 9.17) is 20.8 Å². The summed E-state index contributed by atoms with van der Waals surface area (Å²) in [6.45, 7) is 1.99. The Morgan fingerprint density at radius 2 is 1.93 bits per heavy atom. The maximum Gasteiger partial charge on any atom is 0.259 e. The number of rotatable bonds is 4. The van der Waals surface area contributed by atoms with E-state index in [9.17, 15) is 4.79 Å². The fourth-order valence-corrected chi connectivity index (χ4v) is 4.64. The van der Waals surface area contributed by atoms with Crippen LogP contribution in [0.5, 0.6) is 5.75 Å². The van der Waals surface area contributed by atoms with E-state index in [0.717, 1.165) is 15.6 Å². The van der Waals surface area contributed by atoms with Crippen molar-refractivity contribution in [3.63, 3.8) is 0 Å². The molecule has 3 aromatic carbocycles. The van der Waals surface area contributed by atoms with Crippen LogP contribution in [0.25, 0.3) is 22.6 Å². The van der Waals surface area contributed by atoms with Crippen LogP contribution in [0.15, 0.2) is 61.9 Å². The van der Waals surface area contributed by atoms with Gasteiger partial charge in [0.05, 0.1) is 27.7 Å². The lowest BCUT2D eigenvalue weighted by Crippen LogP contribution is -2.13.